The maximum absolute atomic E-state index is 11.5. The lowest BCUT2D eigenvalue weighted by atomic mass is 10.2. The molecule has 0 saturated carbocycles. The van der Waals surface area contributed by atoms with E-state index in [9.17, 15) is 14.7 Å². The molecule has 6 nitrogen and oxygen atoms in total. The van der Waals surface area contributed by atoms with Crippen LogP contribution < -0.4 is 10.6 Å². The molecule has 2 unspecified atom stereocenters. The van der Waals surface area contributed by atoms with Gasteiger partial charge < -0.3 is 20.8 Å². The molecule has 0 radical (unpaired) electrons. The highest BCUT2D eigenvalue weighted by atomic mass is 35.5. The molecule has 4 N–H and O–H groups in total. The molecule has 0 aliphatic carbocycles. The molecule has 1 aromatic rings. The minimum Gasteiger partial charge on any atom is -0.480 e. The third kappa shape index (κ3) is 5.15. The third-order valence-corrected chi connectivity index (χ3v) is 2.61. The Hall–Kier alpha value is -1.79. The highest BCUT2D eigenvalue weighted by Gasteiger charge is 2.24. The number of carbonyl (C=O) groups excluding carboxylic acids is 1. The summed E-state index contributed by atoms with van der Waals surface area (Å²) in [7, 11) is 0. The van der Waals surface area contributed by atoms with Gasteiger partial charge in [-0.1, -0.05) is 23.7 Å². The highest BCUT2D eigenvalue weighted by molar-refractivity contribution is 6.30. The van der Waals surface area contributed by atoms with Gasteiger partial charge in [0.2, 0.25) is 0 Å². The fourth-order valence-electron chi connectivity index (χ4n) is 1.41. The molecule has 0 aliphatic heterocycles. The van der Waals surface area contributed by atoms with Crippen LogP contribution in [0.15, 0.2) is 24.3 Å². The first-order chi connectivity index (χ1) is 8.90. The number of aliphatic hydroxyl groups excluding tert-OH is 1. The molecule has 0 fully saturated rings. The number of urea groups is 1. The lowest BCUT2D eigenvalue weighted by Crippen LogP contribution is -2.50. The first kappa shape index (κ1) is 15.3. The number of aliphatic hydroxyl groups is 1. The fourth-order valence-corrected chi connectivity index (χ4v) is 1.62. The van der Waals surface area contributed by atoms with E-state index in [1.165, 1.54) is 6.92 Å². The SMILES string of the molecule is CC(O)C(NC(=O)NCc1cccc(Cl)c1)C(=O)O. The second-order valence-corrected chi connectivity index (χ2v) is 4.45. The topological polar surface area (TPSA) is 98.7 Å². The summed E-state index contributed by atoms with van der Waals surface area (Å²) in [5, 5.41) is 23.2. The maximum atomic E-state index is 11.5. The Morgan fingerprint density at radius 1 is 1.42 bits per heavy atom. The van der Waals surface area contributed by atoms with Gasteiger partial charge in [0, 0.05) is 11.6 Å². The van der Waals surface area contributed by atoms with E-state index in [4.69, 9.17) is 16.7 Å². The van der Waals surface area contributed by atoms with Crippen LogP contribution in [-0.4, -0.2) is 34.4 Å². The number of aliphatic carboxylic acids is 1. The molecule has 0 aliphatic rings. The molecule has 0 heterocycles. The standard InChI is InChI=1S/C12H15ClN2O4/c1-7(16)10(11(17)18)15-12(19)14-6-8-3-2-4-9(13)5-8/h2-5,7,10,16H,6H2,1H3,(H,17,18)(H2,14,15,19). The number of carboxylic acid groups (broad SMARTS) is 1. The van der Waals surface area contributed by atoms with Crippen LogP contribution in [0.2, 0.25) is 5.02 Å². The Morgan fingerprint density at radius 2 is 2.11 bits per heavy atom. The molecule has 0 spiro atoms. The molecule has 1 rings (SSSR count). The second-order valence-electron chi connectivity index (χ2n) is 4.01. The number of rotatable bonds is 5. The Kier molecular flexibility index (Phi) is 5.59. The van der Waals surface area contributed by atoms with Crippen molar-refractivity contribution in [3.63, 3.8) is 0 Å². The van der Waals surface area contributed by atoms with Crippen LogP contribution >= 0.6 is 11.6 Å². The first-order valence-corrected chi connectivity index (χ1v) is 5.97. The minimum absolute atomic E-state index is 0.207. The maximum Gasteiger partial charge on any atom is 0.328 e. The van der Waals surface area contributed by atoms with Crippen molar-refractivity contribution in [1.29, 1.82) is 0 Å². The Bertz CT molecular complexity index is 465. The smallest absolute Gasteiger partial charge is 0.328 e. The van der Waals surface area contributed by atoms with E-state index < -0.39 is 24.1 Å². The number of benzene rings is 1. The zero-order valence-corrected chi connectivity index (χ0v) is 11.0. The summed E-state index contributed by atoms with van der Waals surface area (Å²) in [5.41, 5.74) is 0.784. The summed E-state index contributed by atoms with van der Waals surface area (Å²) >= 11 is 5.79. The monoisotopic (exact) mass is 286 g/mol. The molecule has 0 bridgehead atoms. The van der Waals surface area contributed by atoms with E-state index in [0.717, 1.165) is 5.56 Å². The fraction of sp³-hybridized carbons (Fsp3) is 0.333. The zero-order valence-electron chi connectivity index (χ0n) is 10.3. The van der Waals surface area contributed by atoms with Crippen LogP contribution in [0.4, 0.5) is 4.79 Å². The largest absolute Gasteiger partial charge is 0.480 e. The van der Waals surface area contributed by atoms with Gasteiger partial charge in [0.05, 0.1) is 6.10 Å². The lowest BCUT2D eigenvalue weighted by molar-refractivity contribution is -0.141. The molecular formula is C12H15ClN2O4. The van der Waals surface area contributed by atoms with E-state index in [0.29, 0.717) is 5.02 Å². The van der Waals surface area contributed by atoms with Crippen LogP contribution in [-0.2, 0) is 11.3 Å². The molecule has 1 aromatic carbocycles. The summed E-state index contributed by atoms with van der Waals surface area (Å²) in [5.74, 6) is -1.30. The van der Waals surface area contributed by atoms with Crippen molar-refractivity contribution in [1.82, 2.24) is 10.6 Å². The molecule has 0 saturated heterocycles. The van der Waals surface area contributed by atoms with E-state index >= 15 is 0 Å². The molecule has 2 atom stereocenters. The molecule has 0 aromatic heterocycles. The quantitative estimate of drug-likeness (QED) is 0.648. The molecule has 104 valence electrons. The van der Waals surface area contributed by atoms with Gasteiger partial charge in [-0.25, -0.2) is 9.59 Å². The van der Waals surface area contributed by atoms with Gasteiger partial charge in [0.15, 0.2) is 6.04 Å². The molecule has 19 heavy (non-hydrogen) atoms. The van der Waals surface area contributed by atoms with Crippen molar-refractivity contribution in [2.75, 3.05) is 0 Å². The average Bonchev–Trinajstić information content (AvgIpc) is 2.32. The van der Waals surface area contributed by atoms with Gasteiger partial charge in [0.25, 0.3) is 0 Å². The number of amides is 2. The lowest BCUT2D eigenvalue weighted by Gasteiger charge is -2.17. The van der Waals surface area contributed by atoms with Crippen molar-refractivity contribution in [2.45, 2.75) is 25.6 Å². The van der Waals surface area contributed by atoms with Gasteiger partial charge in [-0.15, -0.1) is 0 Å². The number of carboxylic acids is 1. The van der Waals surface area contributed by atoms with Crippen LogP contribution in [0.1, 0.15) is 12.5 Å². The Morgan fingerprint density at radius 3 is 2.63 bits per heavy atom. The number of carbonyl (C=O) groups is 2. The molecule has 7 heteroatoms. The first-order valence-electron chi connectivity index (χ1n) is 5.60. The summed E-state index contributed by atoms with van der Waals surface area (Å²) in [4.78, 5) is 22.3. The number of halogens is 1. The Labute approximate surface area is 115 Å². The van der Waals surface area contributed by atoms with Crippen LogP contribution in [0.3, 0.4) is 0 Å². The number of hydrogen-bond acceptors (Lipinski definition) is 3. The van der Waals surface area contributed by atoms with Gasteiger partial charge in [-0.3, -0.25) is 0 Å². The summed E-state index contributed by atoms with van der Waals surface area (Å²) in [6.45, 7) is 1.49. The van der Waals surface area contributed by atoms with Crippen molar-refractivity contribution in [3.05, 3.63) is 34.9 Å². The van der Waals surface area contributed by atoms with E-state index in [-0.39, 0.29) is 6.54 Å². The normalized spacial score (nSPS) is 13.4. The number of nitrogens with one attached hydrogen (secondary N) is 2. The predicted molar refractivity (Wildman–Crippen MR) is 69.9 cm³/mol. The average molecular weight is 287 g/mol. The van der Waals surface area contributed by atoms with E-state index in [1.807, 2.05) is 0 Å². The van der Waals surface area contributed by atoms with Crippen molar-refractivity contribution in [2.24, 2.45) is 0 Å². The predicted octanol–water partition coefficient (Wildman–Crippen LogP) is 0.973. The summed E-state index contributed by atoms with van der Waals surface area (Å²) < 4.78 is 0. The summed E-state index contributed by atoms with van der Waals surface area (Å²) in [6, 6.07) is 4.89. The van der Waals surface area contributed by atoms with Crippen molar-refractivity contribution < 1.29 is 19.8 Å². The minimum atomic E-state index is -1.35. The van der Waals surface area contributed by atoms with Gasteiger partial charge >= 0.3 is 12.0 Å². The Balaban J connectivity index is 2.49. The zero-order chi connectivity index (χ0) is 14.4. The highest BCUT2D eigenvalue weighted by Crippen LogP contribution is 2.10. The van der Waals surface area contributed by atoms with E-state index in [2.05, 4.69) is 10.6 Å². The van der Waals surface area contributed by atoms with Gasteiger partial charge in [-0.05, 0) is 24.6 Å². The van der Waals surface area contributed by atoms with Gasteiger partial charge in [-0.2, -0.15) is 0 Å². The van der Waals surface area contributed by atoms with Crippen LogP contribution in [0, 0.1) is 0 Å². The second kappa shape index (κ2) is 6.96. The molecular weight excluding hydrogens is 272 g/mol. The third-order valence-electron chi connectivity index (χ3n) is 2.38. The van der Waals surface area contributed by atoms with Crippen molar-refractivity contribution in [3.8, 4) is 0 Å². The number of hydrogen-bond donors (Lipinski definition) is 4. The van der Waals surface area contributed by atoms with E-state index in [1.54, 1.807) is 24.3 Å². The van der Waals surface area contributed by atoms with Crippen LogP contribution in [0.5, 0.6) is 0 Å². The van der Waals surface area contributed by atoms with Crippen molar-refractivity contribution >= 4 is 23.6 Å². The molecule has 2 amide bonds. The van der Waals surface area contributed by atoms with Crippen LogP contribution in [0.25, 0.3) is 0 Å². The van der Waals surface area contributed by atoms with Gasteiger partial charge in [0.1, 0.15) is 0 Å². The summed E-state index contributed by atoms with van der Waals surface area (Å²) in [6.07, 6.45) is -1.19.